The van der Waals surface area contributed by atoms with Gasteiger partial charge in [0.1, 0.15) is 5.75 Å². The molecule has 0 unspecified atom stereocenters. The summed E-state index contributed by atoms with van der Waals surface area (Å²) in [6.07, 6.45) is 0. The van der Waals surface area contributed by atoms with Gasteiger partial charge in [-0.1, -0.05) is 23.7 Å². The highest BCUT2D eigenvalue weighted by molar-refractivity contribution is 6.32. The molecule has 0 bridgehead atoms. The lowest BCUT2D eigenvalue weighted by Gasteiger charge is -2.15. The zero-order valence-corrected chi connectivity index (χ0v) is 12.8. The third-order valence-corrected chi connectivity index (χ3v) is 3.72. The van der Waals surface area contributed by atoms with E-state index in [0.717, 1.165) is 0 Å². The van der Waals surface area contributed by atoms with Gasteiger partial charge in [-0.05, 0) is 30.3 Å². The van der Waals surface area contributed by atoms with Crippen molar-refractivity contribution in [1.29, 1.82) is 0 Å². The summed E-state index contributed by atoms with van der Waals surface area (Å²) in [4.78, 5) is 36.6. The van der Waals surface area contributed by atoms with Crippen molar-refractivity contribution in [2.45, 2.75) is 0 Å². The average molecular weight is 331 g/mol. The standard InChI is InChI=1S/C16H11ClN2O4/c1-23-13-7-6-9(8-12(13)17)14(20)18-19-15(21)10-4-2-3-5-11(10)16(19)22/h2-8H,1H3,(H,18,20). The molecule has 1 heterocycles. The molecule has 1 aliphatic rings. The Balaban J connectivity index is 1.83. The number of fused-ring (bicyclic) bond motifs is 1. The van der Waals surface area contributed by atoms with Crippen LogP contribution in [0.5, 0.6) is 5.75 Å². The predicted molar refractivity (Wildman–Crippen MR) is 82.4 cm³/mol. The van der Waals surface area contributed by atoms with Gasteiger partial charge in [0.2, 0.25) is 0 Å². The Morgan fingerprint density at radius 2 is 1.70 bits per heavy atom. The molecule has 0 aliphatic carbocycles. The summed E-state index contributed by atoms with van der Waals surface area (Å²) in [6, 6.07) is 10.8. The molecular weight excluding hydrogens is 320 g/mol. The lowest BCUT2D eigenvalue weighted by Crippen LogP contribution is -2.45. The number of nitrogens with zero attached hydrogens (tertiary/aromatic N) is 1. The van der Waals surface area contributed by atoms with E-state index in [-0.39, 0.29) is 21.7 Å². The number of hydrogen-bond donors (Lipinski definition) is 1. The molecule has 0 saturated heterocycles. The molecule has 0 atom stereocenters. The van der Waals surface area contributed by atoms with Crippen molar-refractivity contribution in [3.05, 3.63) is 64.2 Å². The first-order valence-corrected chi connectivity index (χ1v) is 7.03. The Morgan fingerprint density at radius 3 is 2.22 bits per heavy atom. The van der Waals surface area contributed by atoms with E-state index in [2.05, 4.69) is 5.43 Å². The molecule has 116 valence electrons. The second-order valence-corrected chi connectivity index (χ2v) is 5.19. The van der Waals surface area contributed by atoms with Crippen LogP contribution in [0.2, 0.25) is 5.02 Å². The molecule has 2 aromatic carbocycles. The number of benzene rings is 2. The lowest BCUT2D eigenvalue weighted by atomic mass is 10.1. The van der Waals surface area contributed by atoms with Gasteiger partial charge < -0.3 is 4.74 Å². The van der Waals surface area contributed by atoms with Gasteiger partial charge in [0, 0.05) is 5.56 Å². The molecular formula is C16H11ClN2O4. The summed E-state index contributed by atoms with van der Waals surface area (Å²) in [6.45, 7) is 0. The van der Waals surface area contributed by atoms with Gasteiger partial charge in [-0.2, -0.15) is 5.01 Å². The van der Waals surface area contributed by atoms with Crippen LogP contribution in [-0.2, 0) is 0 Å². The summed E-state index contributed by atoms with van der Waals surface area (Å²) in [5, 5.41) is 0.952. The average Bonchev–Trinajstić information content (AvgIpc) is 2.80. The minimum Gasteiger partial charge on any atom is -0.495 e. The van der Waals surface area contributed by atoms with Crippen molar-refractivity contribution < 1.29 is 19.1 Å². The largest absolute Gasteiger partial charge is 0.495 e. The maximum Gasteiger partial charge on any atom is 0.280 e. The van der Waals surface area contributed by atoms with Gasteiger partial charge in [-0.25, -0.2) is 0 Å². The van der Waals surface area contributed by atoms with Crippen LogP contribution >= 0.6 is 11.6 Å². The third kappa shape index (κ3) is 2.53. The summed E-state index contributed by atoms with van der Waals surface area (Å²) >= 11 is 5.97. The number of amides is 3. The number of carbonyl (C=O) groups excluding carboxylic acids is 3. The van der Waals surface area contributed by atoms with Crippen LogP contribution in [0, 0.1) is 0 Å². The van der Waals surface area contributed by atoms with Crippen LogP contribution in [0.1, 0.15) is 31.1 Å². The van der Waals surface area contributed by atoms with E-state index in [1.165, 1.54) is 37.4 Å². The number of ether oxygens (including phenoxy) is 1. The molecule has 3 amide bonds. The van der Waals surface area contributed by atoms with Crippen LogP contribution < -0.4 is 10.2 Å². The highest BCUT2D eigenvalue weighted by Crippen LogP contribution is 2.25. The van der Waals surface area contributed by atoms with E-state index >= 15 is 0 Å². The molecule has 0 saturated carbocycles. The topological polar surface area (TPSA) is 75.7 Å². The Labute approximate surface area is 136 Å². The second kappa shape index (κ2) is 5.73. The van der Waals surface area contributed by atoms with E-state index in [0.29, 0.717) is 10.8 Å². The normalized spacial score (nSPS) is 13.0. The van der Waals surface area contributed by atoms with E-state index in [1.54, 1.807) is 12.1 Å². The van der Waals surface area contributed by atoms with Crippen molar-refractivity contribution >= 4 is 29.3 Å². The minimum atomic E-state index is -0.621. The fraction of sp³-hybridized carbons (Fsp3) is 0.0625. The molecule has 23 heavy (non-hydrogen) atoms. The van der Waals surface area contributed by atoms with Crippen LogP contribution in [0.25, 0.3) is 0 Å². The van der Waals surface area contributed by atoms with Gasteiger partial charge in [0.15, 0.2) is 0 Å². The minimum absolute atomic E-state index is 0.201. The summed E-state index contributed by atoms with van der Waals surface area (Å²) in [5.74, 6) is -1.34. The monoisotopic (exact) mass is 330 g/mol. The molecule has 0 fully saturated rings. The zero-order chi connectivity index (χ0) is 16.6. The first-order chi connectivity index (χ1) is 11.0. The molecule has 6 nitrogen and oxygen atoms in total. The molecule has 1 aliphatic heterocycles. The number of hydrogen-bond acceptors (Lipinski definition) is 4. The maximum absolute atomic E-state index is 12.2. The Kier molecular flexibility index (Phi) is 3.75. The summed E-state index contributed by atoms with van der Waals surface area (Å²) in [5.41, 5.74) is 3.01. The number of halogens is 1. The smallest absolute Gasteiger partial charge is 0.280 e. The Morgan fingerprint density at radius 1 is 1.09 bits per heavy atom. The van der Waals surface area contributed by atoms with Crippen molar-refractivity contribution in [3.63, 3.8) is 0 Å². The second-order valence-electron chi connectivity index (χ2n) is 4.78. The number of methoxy groups -OCH3 is 1. The molecule has 7 heteroatoms. The fourth-order valence-electron chi connectivity index (χ4n) is 2.26. The van der Waals surface area contributed by atoms with E-state index in [9.17, 15) is 14.4 Å². The van der Waals surface area contributed by atoms with Crippen molar-refractivity contribution in [1.82, 2.24) is 10.4 Å². The Hall–Kier alpha value is -2.86. The number of hydrazine groups is 1. The van der Waals surface area contributed by atoms with E-state index < -0.39 is 17.7 Å². The maximum atomic E-state index is 12.2. The zero-order valence-electron chi connectivity index (χ0n) is 12.0. The third-order valence-electron chi connectivity index (χ3n) is 3.42. The van der Waals surface area contributed by atoms with Crippen LogP contribution in [0.15, 0.2) is 42.5 Å². The highest BCUT2D eigenvalue weighted by atomic mass is 35.5. The SMILES string of the molecule is COc1ccc(C(=O)NN2C(=O)c3ccccc3C2=O)cc1Cl. The molecule has 0 spiro atoms. The first kappa shape index (κ1) is 15.1. The number of imide groups is 1. The van der Waals surface area contributed by atoms with Crippen LogP contribution in [0.4, 0.5) is 0 Å². The number of nitrogens with one attached hydrogen (secondary N) is 1. The lowest BCUT2D eigenvalue weighted by molar-refractivity contribution is 0.0518. The van der Waals surface area contributed by atoms with Crippen molar-refractivity contribution in [3.8, 4) is 5.75 Å². The van der Waals surface area contributed by atoms with Gasteiger partial charge in [0.25, 0.3) is 17.7 Å². The van der Waals surface area contributed by atoms with Crippen molar-refractivity contribution in [2.24, 2.45) is 0 Å². The van der Waals surface area contributed by atoms with Gasteiger partial charge >= 0.3 is 0 Å². The predicted octanol–water partition coefficient (Wildman–Crippen LogP) is 2.29. The number of rotatable bonds is 3. The molecule has 2 aromatic rings. The summed E-state index contributed by atoms with van der Waals surface area (Å²) in [7, 11) is 1.46. The van der Waals surface area contributed by atoms with Gasteiger partial charge in [0.05, 0.1) is 23.3 Å². The Bertz CT molecular complexity index is 800. The first-order valence-electron chi connectivity index (χ1n) is 6.65. The quantitative estimate of drug-likeness (QED) is 0.876. The molecule has 0 radical (unpaired) electrons. The fourth-order valence-corrected chi connectivity index (χ4v) is 2.52. The van der Waals surface area contributed by atoms with E-state index in [1.807, 2.05) is 0 Å². The highest BCUT2D eigenvalue weighted by Gasteiger charge is 2.36. The molecule has 0 aromatic heterocycles. The number of carbonyl (C=O) groups is 3. The summed E-state index contributed by atoms with van der Waals surface area (Å²) < 4.78 is 5.01. The van der Waals surface area contributed by atoms with Crippen LogP contribution in [0.3, 0.4) is 0 Å². The van der Waals surface area contributed by atoms with Crippen molar-refractivity contribution in [2.75, 3.05) is 7.11 Å². The van der Waals surface area contributed by atoms with E-state index in [4.69, 9.17) is 16.3 Å². The van der Waals surface area contributed by atoms with Crippen LogP contribution in [-0.4, -0.2) is 29.8 Å². The van der Waals surface area contributed by atoms with Gasteiger partial charge in [-0.3, -0.25) is 19.8 Å². The molecule has 3 rings (SSSR count). The molecule has 1 N–H and O–H groups in total. The van der Waals surface area contributed by atoms with Gasteiger partial charge in [-0.15, -0.1) is 0 Å².